The summed E-state index contributed by atoms with van der Waals surface area (Å²) >= 11 is 0. The molecule has 0 amide bonds. The predicted molar refractivity (Wildman–Crippen MR) is 113 cm³/mol. The van der Waals surface area contributed by atoms with Crippen molar-refractivity contribution in [2.45, 2.75) is 64.8 Å². The molecule has 3 nitrogen and oxygen atoms in total. The molecule has 0 aliphatic rings. The molecule has 3 heteroatoms. The molecule has 1 aromatic carbocycles. The summed E-state index contributed by atoms with van der Waals surface area (Å²) in [7, 11) is 0. The molecule has 1 rings (SSSR count). The van der Waals surface area contributed by atoms with E-state index in [1.54, 1.807) is 6.21 Å². The van der Waals surface area contributed by atoms with Gasteiger partial charge in [-0.15, -0.1) is 5.16 Å². The Labute approximate surface area is 159 Å². The molecule has 0 spiro atoms. The normalized spacial score (nSPS) is 14.5. The predicted octanol–water partition coefficient (Wildman–Crippen LogP) is 6.28. The zero-order chi connectivity index (χ0) is 18.9. The van der Waals surface area contributed by atoms with Crippen LogP contribution in [0.25, 0.3) is 0 Å². The van der Waals surface area contributed by atoms with Gasteiger partial charge in [-0.25, -0.2) is 0 Å². The summed E-state index contributed by atoms with van der Waals surface area (Å²) in [6, 6.07) is 11.1. The molecule has 0 saturated carbocycles. The third-order valence-corrected chi connectivity index (χ3v) is 4.57. The number of rotatable bonds is 14. The largest absolute Gasteiger partial charge is 0.411 e. The van der Waals surface area contributed by atoms with Gasteiger partial charge < -0.3 is 10.5 Å². The van der Waals surface area contributed by atoms with Crippen LogP contribution in [-0.4, -0.2) is 18.0 Å². The molecule has 0 heterocycles. The summed E-state index contributed by atoms with van der Waals surface area (Å²) in [6.45, 7) is 5.41. The molecule has 2 N–H and O–H groups in total. The van der Waals surface area contributed by atoms with Crippen LogP contribution in [0.2, 0.25) is 0 Å². The lowest BCUT2D eigenvalue weighted by Crippen LogP contribution is -2.21. The van der Waals surface area contributed by atoms with E-state index in [9.17, 15) is 0 Å². The quantitative estimate of drug-likeness (QED) is 0.135. The molecule has 1 aromatic rings. The van der Waals surface area contributed by atoms with E-state index >= 15 is 0 Å². The van der Waals surface area contributed by atoms with Gasteiger partial charge in [-0.2, -0.15) is 0 Å². The Morgan fingerprint density at radius 1 is 1.00 bits per heavy atom. The van der Waals surface area contributed by atoms with E-state index < -0.39 is 0 Å². The van der Waals surface area contributed by atoms with Crippen molar-refractivity contribution in [3.05, 3.63) is 60.2 Å². The van der Waals surface area contributed by atoms with Gasteiger partial charge in [0.05, 0.1) is 0 Å². The van der Waals surface area contributed by atoms with Gasteiger partial charge in [-0.05, 0) is 50.6 Å². The number of nitrogens with zero attached hydrogens (tertiary/aromatic N) is 1. The fourth-order valence-corrected chi connectivity index (χ4v) is 2.83. The highest BCUT2D eigenvalue weighted by Gasteiger charge is 2.07. The van der Waals surface area contributed by atoms with E-state index in [0.29, 0.717) is 12.0 Å². The lowest BCUT2D eigenvalue weighted by molar-refractivity contribution is 0.318. The zero-order valence-corrected chi connectivity index (χ0v) is 16.5. The fourth-order valence-electron chi connectivity index (χ4n) is 2.83. The number of hydrogen-bond acceptors (Lipinski definition) is 3. The second-order valence-electron chi connectivity index (χ2n) is 6.70. The fraction of sp³-hybridized carbons (Fsp3) is 0.522. The first kappa shape index (κ1) is 22.2. The molecule has 0 aliphatic heterocycles. The van der Waals surface area contributed by atoms with E-state index in [-0.39, 0.29) is 0 Å². The van der Waals surface area contributed by atoms with Crippen LogP contribution >= 0.6 is 0 Å². The summed E-state index contributed by atoms with van der Waals surface area (Å²) in [4.78, 5) is 0. The first-order valence-corrected chi connectivity index (χ1v) is 10.1. The topological polar surface area (TPSA) is 44.6 Å². The first-order valence-electron chi connectivity index (χ1n) is 10.1. The maximum Gasteiger partial charge on any atom is 0.0469 e. The Balaban J connectivity index is 2.34. The highest BCUT2D eigenvalue weighted by atomic mass is 16.4. The lowest BCUT2D eigenvalue weighted by Gasteiger charge is -2.17. The van der Waals surface area contributed by atoms with E-state index in [4.69, 9.17) is 5.21 Å². The highest BCUT2D eigenvalue weighted by Crippen LogP contribution is 2.17. The SMILES string of the molecule is CCCCNC(CC=CCC/C=C\CC(C=NO)CC)c1ccccc1. The molecular weight excluding hydrogens is 320 g/mol. The molecule has 0 aromatic heterocycles. The monoisotopic (exact) mass is 356 g/mol. The van der Waals surface area contributed by atoms with E-state index in [2.05, 4.69) is 79.0 Å². The number of benzene rings is 1. The Hall–Kier alpha value is -1.87. The minimum absolute atomic E-state index is 0.340. The Morgan fingerprint density at radius 3 is 2.31 bits per heavy atom. The molecule has 0 aliphatic carbocycles. The van der Waals surface area contributed by atoms with Crippen molar-refractivity contribution in [1.82, 2.24) is 5.32 Å². The molecule has 0 saturated heterocycles. The van der Waals surface area contributed by atoms with Crippen LogP contribution in [0.4, 0.5) is 0 Å². The maximum absolute atomic E-state index is 8.59. The summed E-state index contributed by atoms with van der Waals surface area (Å²) in [5.41, 5.74) is 1.37. The smallest absolute Gasteiger partial charge is 0.0469 e. The minimum Gasteiger partial charge on any atom is -0.411 e. The van der Waals surface area contributed by atoms with Crippen molar-refractivity contribution in [1.29, 1.82) is 0 Å². The summed E-state index contributed by atoms with van der Waals surface area (Å²) in [6.07, 6.45) is 18.2. The minimum atomic E-state index is 0.340. The van der Waals surface area contributed by atoms with Crippen LogP contribution in [-0.2, 0) is 0 Å². The number of nitrogens with one attached hydrogen (secondary N) is 1. The van der Waals surface area contributed by atoms with Crippen LogP contribution in [0.1, 0.15) is 70.4 Å². The van der Waals surface area contributed by atoms with Gasteiger partial charge in [-0.3, -0.25) is 0 Å². The summed E-state index contributed by atoms with van der Waals surface area (Å²) in [5, 5.41) is 15.4. The number of oxime groups is 1. The molecule has 0 bridgehead atoms. The van der Waals surface area contributed by atoms with Crippen LogP contribution in [0, 0.1) is 5.92 Å². The molecule has 2 atom stereocenters. The van der Waals surface area contributed by atoms with Crippen molar-refractivity contribution < 1.29 is 5.21 Å². The van der Waals surface area contributed by atoms with Crippen molar-refractivity contribution in [3.63, 3.8) is 0 Å². The maximum atomic E-state index is 8.59. The third kappa shape index (κ3) is 10.2. The number of unbranched alkanes of at least 4 members (excludes halogenated alkanes) is 2. The summed E-state index contributed by atoms with van der Waals surface area (Å²) < 4.78 is 0. The Morgan fingerprint density at radius 2 is 1.69 bits per heavy atom. The van der Waals surface area contributed by atoms with E-state index in [0.717, 1.165) is 38.6 Å². The van der Waals surface area contributed by atoms with Crippen molar-refractivity contribution in [3.8, 4) is 0 Å². The third-order valence-electron chi connectivity index (χ3n) is 4.57. The van der Waals surface area contributed by atoms with Crippen LogP contribution in [0.5, 0.6) is 0 Å². The Kier molecular flexibility index (Phi) is 13.1. The van der Waals surface area contributed by atoms with Crippen LogP contribution in [0.3, 0.4) is 0 Å². The number of hydrogen-bond donors (Lipinski definition) is 2. The number of allylic oxidation sites excluding steroid dienone is 3. The molecular formula is C23H36N2O. The molecule has 0 fully saturated rings. The van der Waals surface area contributed by atoms with Crippen molar-refractivity contribution >= 4 is 6.21 Å². The van der Waals surface area contributed by atoms with E-state index in [1.165, 1.54) is 18.4 Å². The standard InChI is InChI=1S/C23H36N2O/c1-3-5-19-24-23(22-16-12-10-13-17-22)18-14-9-7-6-8-11-15-21(4-2)20-25-26/h8-14,16-17,20-21,23-24,26H,3-7,15,18-19H2,1-2H3/b11-8-,14-9?,25-20?. The van der Waals surface area contributed by atoms with Gasteiger partial charge in [0.25, 0.3) is 0 Å². The van der Waals surface area contributed by atoms with Crippen LogP contribution < -0.4 is 5.32 Å². The van der Waals surface area contributed by atoms with Gasteiger partial charge in [-0.1, -0.05) is 74.9 Å². The van der Waals surface area contributed by atoms with E-state index in [1.807, 2.05) is 0 Å². The lowest BCUT2D eigenvalue weighted by atomic mass is 10.0. The van der Waals surface area contributed by atoms with Gasteiger partial charge in [0.15, 0.2) is 0 Å². The van der Waals surface area contributed by atoms with Crippen LogP contribution in [0.15, 0.2) is 59.8 Å². The molecule has 2 unspecified atom stereocenters. The second-order valence-corrected chi connectivity index (χ2v) is 6.70. The molecule has 0 radical (unpaired) electrons. The average molecular weight is 357 g/mol. The molecule has 26 heavy (non-hydrogen) atoms. The van der Waals surface area contributed by atoms with Crippen molar-refractivity contribution in [2.75, 3.05) is 6.54 Å². The van der Waals surface area contributed by atoms with Gasteiger partial charge in [0.1, 0.15) is 0 Å². The van der Waals surface area contributed by atoms with Crippen molar-refractivity contribution in [2.24, 2.45) is 11.1 Å². The Bertz CT molecular complexity index is 522. The van der Waals surface area contributed by atoms with Gasteiger partial charge in [0.2, 0.25) is 0 Å². The van der Waals surface area contributed by atoms with Gasteiger partial charge >= 0.3 is 0 Å². The first-order chi connectivity index (χ1) is 12.8. The summed E-state index contributed by atoms with van der Waals surface area (Å²) in [5.74, 6) is 0.340. The zero-order valence-electron chi connectivity index (χ0n) is 16.5. The van der Waals surface area contributed by atoms with Gasteiger partial charge in [0, 0.05) is 18.2 Å². The second kappa shape index (κ2) is 15.4. The molecule has 144 valence electrons. The highest BCUT2D eigenvalue weighted by molar-refractivity contribution is 5.59. The average Bonchev–Trinajstić information content (AvgIpc) is 2.68.